The first-order chi connectivity index (χ1) is 11.0. The summed E-state index contributed by atoms with van der Waals surface area (Å²) in [5.41, 5.74) is 7.09. The van der Waals surface area contributed by atoms with Crippen LogP contribution in [0.2, 0.25) is 0 Å². The van der Waals surface area contributed by atoms with Gasteiger partial charge < -0.3 is 15.3 Å². The highest BCUT2D eigenvalue weighted by Gasteiger charge is 2.08. The number of rotatable bonds is 4. The first-order valence-corrected chi connectivity index (χ1v) is 7.80. The summed E-state index contributed by atoms with van der Waals surface area (Å²) in [6.07, 6.45) is 1.76. The average molecular weight is 310 g/mol. The number of aromatic nitrogens is 3. The molecule has 0 fully saturated rings. The summed E-state index contributed by atoms with van der Waals surface area (Å²) >= 11 is 0. The summed E-state index contributed by atoms with van der Waals surface area (Å²) in [5, 5.41) is 3.34. The number of hydrogen-bond acceptors (Lipinski definition) is 3. The highest BCUT2D eigenvalue weighted by Crippen LogP contribution is 2.19. The fourth-order valence-electron chi connectivity index (χ4n) is 2.74. The van der Waals surface area contributed by atoms with Crippen LogP contribution in [0.3, 0.4) is 0 Å². The Kier molecular flexibility index (Phi) is 4.05. The van der Waals surface area contributed by atoms with E-state index in [2.05, 4.69) is 46.2 Å². The normalized spacial score (nSPS) is 11.3. The standard InChI is InChI=1S/C18H22N4O/c1-10-5-6-14-17(12(10)3)22-16(21-14)9-19-8-15-13(4)18(23)11(2)7-20-15/h5-7,19H,8-9H2,1-4H3,(H,20,23)(H,21,22). The summed E-state index contributed by atoms with van der Waals surface area (Å²) in [6.45, 7) is 9.10. The number of pyridine rings is 1. The third kappa shape index (κ3) is 2.92. The minimum absolute atomic E-state index is 0.107. The molecule has 3 aromatic rings. The van der Waals surface area contributed by atoms with Crippen molar-refractivity contribution in [3.8, 4) is 0 Å². The topological polar surface area (TPSA) is 73.6 Å². The maximum Gasteiger partial charge on any atom is 0.187 e. The number of fused-ring (bicyclic) bond motifs is 1. The Morgan fingerprint density at radius 3 is 2.61 bits per heavy atom. The molecule has 0 aliphatic carbocycles. The van der Waals surface area contributed by atoms with Crippen molar-refractivity contribution in [3.05, 3.63) is 62.3 Å². The molecule has 1 aromatic carbocycles. The highest BCUT2D eigenvalue weighted by molar-refractivity contribution is 5.79. The molecule has 5 nitrogen and oxygen atoms in total. The Hall–Kier alpha value is -2.40. The van der Waals surface area contributed by atoms with Crippen molar-refractivity contribution >= 4 is 11.0 Å². The van der Waals surface area contributed by atoms with E-state index in [0.29, 0.717) is 13.1 Å². The monoisotopic (exact) mass is 310 g/mol. The van der Waals surface area contributed by atoms with Gasteiger partial charge in [0.2, 0.25) is 0 Å². The lowest BCUT2D eigenvalue weighted by molar-refractivity contribution is 0.655. The number of imidazole rings is 1. The summed E-state index contributed by atoms with van der Waals surface area (Å²) in [4.78, 5) is 23.1. The Balaban J connectivity index is 1.73. The Labute approximate surface area is 135 Å². The fourth-order valence-corrected chi connectivity index (χ4v) is 2.74. The second-order valence-corrected chi connectivity index (χ2v) is 6.10. The van der Waals surface area contributed by atoms with E-state index >= 15 is 0 Å². The van der Waals surface area contributed by atoms with E-state index < -0.39 is 0 Å². The predicted octanol–water partition coefficient (Wildman–Crippen LogP) is 2.77. The lowest BCUT2D eigenvalue weighted by Crippen LogP contribution is -2.20. The summed E-state index contributed by atoms with van der Waals surface area (Å²) in [6, 6.07) is 4.17. The summed E-state index contributed by atoms with van der Waals surface area (Å²) in [5.74, 6) is 0.904. The number of aryl methyl sites for hydroxylation is 3. The van der Waals surface area contributed by atoms with Crippen LogP contribution in [-0.4, -0.2) is 15.0 Å². The number of aromatic amines is 2. The van der Waals surface area contributed by atoms with Crippen molar-refractivity contribution in [2.75, 3.05) is 0 Å². The molecule has 0 aliphatic rings. The van der Waals surface area contributed by atoms with E-state index in [9.17, 15) is 4.79 Å². The van der Waals surface area contributed by atoms with Crippen LogP contribution in [0.15, 0.2) is 23.1 Å². The zero-order chi connectivity index (χ0) is 16.6. The number of nitrogens with zero attached hydrogens (tertiary/aromatic N) is 1. The van der Waals surface area contributed by atoms with E-state index in [1.807, 2.05) is 13.8 Å². The van der Waals surface area contributed by atoms with Crippen LogP contribution < -0.4 is 10.7 Å². The molecule has 0 amide bonds. The Bertz CT molecular complexity index is 921. The van der Waals surface area contributed by atoms with Gasteiger partial charge in [0.1, 0.15) is 5.82 Å². The molecule has 0 aliphatic heterocycles. The molecular weight excluding hydrogens is 288 g/mol. The molecule has 5 heteroatoms. The van der Waals surface area contributed by atoms with Crippen molar-refractivity contribution in [1.29, 1.82) is 0 Å². The quantitative estimate of drug-likeness (QED) is 0.694. The first-order valence-electron chi connectivity index (χ1n) is 7.80. The summed E-state index contributed by atoms with van der Waals surface area (Å²) < 4.78 is 0. The molecule has 0 spiro atoms. The molecule has 0 unspecified atom stereocenters. The third-order valence-corrected chi connectivity index (χ3v) is 4.44. The van der Waals surface area contributed by atoms with Crippen molar-refractivity contribution in [2.45, 2.75) is 40.8 Å². The van der Waals surface area contributed by atoms with Gasteiger partial charge in [-0.1, -0.05) is 6.07 Å². The molecule has 0 bridgehead atoms. The number of hydrogen-bond donors (Lipinski definition) is 3. The van der Waals surface area contributed by atoms with E-state index in [4.69, 9.17) is 0 Å². The van der Waals surface area contributed by atoms with Crippen LogP contribution in [0.25, 0.3) is 11.0 Å². The van der Waals surface area contributed by atoms with Gasteiger partial charge in [0.25, 0.3) is 0 Å². The SMILES string of the molecule is Cc1ccc2[nH]c(CNCc3[nH]cc(C)c(=O)c3C)nc2c1C. The Morgan fingerprint density at radius 2 is 1.83 bits per heavy atom. The lowest BCUT2D eigenvalue weighted by Gasteiger charge is -2.07. The molecule has 2 heterocycles. The molecule has 3 rings (SSSR count). The molecular formula is C18H22N4O. The molecule has 0 radical (unpaired) electrons. The zero-order valence-electron chi connectivity index (χ0n) is 14.0. The fraction of sp³-hybridized carbons (Fsp3) is 0.333. The van der Waals surface area contributed by atoms with Crippen LogP contribution in [-0.2, 0) is 13.1 Å². The van der Waals surface area contributed by atoms with Crippen molar-refractivity contribution in [1.82, 2.24) is 20.3 Å². The van der Waals surface area contributed by atoms with Crippen LogP contribution in [0.5, 0.6) is 0 Å². The van der Waals surface area contributed by atoms with Gasteiger partial charge in [-0.15, -0.1) is 0 Å². The van der Waals surface area contributed by atoms with Gasteiger partial charge in [0, 0.05) is 29.6 Å². The lowest BCUT2D eigenvalue weighted by atomic mass is 10.1. The van der Waals surface area contributed by atoms with Gasteiger partial charge in [-0.05, 0) is 44.9 Å². The van der Waals surface area contributed by atoms with Gasteiger partial charge in [-0.25, -0.2) is 4.98 Å². The average Bonchev–Trinajstić information content (AvgIpc) is 2.95. The van der Waals surface area contributed by atoms with Crippen molar-refractivity contribution < 1.29 is 0 Å². The first kappa shape index (κ1) is 15.5. The molecule has 0 saturated carbocycles. The van der Waals surface area contributed by atoms with Crippen LogP contribution in [0.4, 0.5) is 0 Å². The number of benzene rings is 1. The van der Waals surface area contributed by atoms with Crippen molar-refractivity contribution in [2.24, 2.45) is 0 Å². The van der Waals surface area contributed by atoms with E-state index in [-0.39, 0.29) is 5.43 Å². The maximum atomic E-state index is 11.9. The van der Waals surface area contributed by atoms with Gasteiger partial charge in [-0.2, -0.15) is 0 Å². The molecule has 3 N–H and O–H groups in total. The number of nitrogens with one attached hydrogen (secondary N) is 3. The van der Waals surface area contributed by atoms with E-state index in [1.54, 1.807) is 6.20 Å². The molecule has 23 heavy (non-hydrogen) atoms. The maximum absolute atomic E-state index is 11.9. The smallest absolute Gasteiger partial charge is 0.187 e. The van der Waals surface area contributed by atoms with Gasteiger partial charge >= 0.3 is 0 Å². The van der Waals surface area contributed by atoms with Gasteiger partial charge in [0.05, 0.1) is 17.6 Å². The van der Waals surface area contributed by atoms with E-state index in [0.717, 1.165) is 33.7 Å². The van der Waals surface area contributed by atoms with Crippen LogP contribution in [0, 0.1) is 27.7 Å². The zero-order valence-corrected chi connectivity index (χ0v) is 14.0. The molecule has 2 aromatic heterocycles. The van der Waals surface area contributed by atoms with Crippen LogP contribution >= 0.6 is 0 Å². The molecule has 0 atom stereocenters. The van der Waals surface area contributed by atoms with Gasteiger partial charge in [0.15, 0.2) is 5.43 Å². The Morgan fingerprint density at radius 1 is 1.04 bits per heavy atom. The highest BCUT2D eigenvalue weighted by atomic mass is 16.1. The van der Waals surface area contributed by atoms with Crippen LogP contribution in [0.1, 0.15) is 33.8 Å². The second-order valence-electron chi connectivity index (χ2n) is 6.10. The van der Waals surface area contributed by atoms with Gasteiger partial charge in [-0.3, -0.25) is 4.79 Å². The largest absolute Gasteiger partial charge is 0.363 e. The van der Waals surface area contributed by atoms with E-state index in [1.165, 1.54) is 11.1 Å². The minimum Gasteiger partial charge on any atom is -0.363 e. The molecule has 120 valence electrons. The minimum atomic E-state index is 0.107. The summed E-state index contributed by atoms with van der Waals surface area (Å²) in [7, 11) is 0. The molecule has 0 saturated heterocycles. The second kappa shape index (κ2) is 6.01. The van der Waals surface area contributed by atoms with Crippen molar-refractivity contribution in [3.63, 3.8) is 0 Å². The predicted molar refractivity (Wildman–Crippen MR) is 92.6 cm³/mol. The third-order valence-electron chi connectivity index (χ3n) is 4.44. The number of H-pyrrole nitrogens is 2.